The zero-order valence-electron chi connectivity index (χ0n) is 10.6. The number of benzene rings is 1. The van der Waals surface area contributed by atoms with Crippen LogP contribution in [-0.2, 0) is 13.0 Å². The van der Waals surface area contributed by atoms with Crippen molar-refractivity contribution in [2.75, 3.05) is 5.73 Å². The molecule has 19 heavy (non-hydrogen) atoms. The van der Waals surface area contributed by atoms with Crippen molar-refractivity contribution < 1.29 is 4.79 Å². The quantitative estimate of drug-likeness (QED) is 0.848. The topological polar surface area (TPSA) is 55.1 Å². The van der Waals surface area contributed by atoms with Gasteiger partial charge in [0.25, 0.3) is 5.91 Å². The molecule has 0 aliphatic carbocycles. The first kappa shape index (κ1) is 13.9. The summed E-state index contributed by atoms with van der Waals surface area (Å²) < 4.78 is 0. The second-order valence-corrected chi connectivity index (χ2v) is 5.74. The van der Waals surface area contributed by atoms with E-state index in [2.05, 4.69) is 18.3 Å². The highest BCUT2D eigenvalue weighted by Gasteiger charge is 2.12. The number of anilines is 1. The Morgan fingerprint density at radius 1 is 1.32 bits per heavy atom. The molecule has 0 unspecified atom stereocenters. The minimum atomic E-state index is -0.205. The highest BCUT2D eigenvalue weighted by atomic mass is 35.5. The highest BCUT2D eigenvalue weighted by Crippen LogP contribution is 2.23. The number of hydrogen-bond acceptors (Lipinski definition) is 3. The fraction of sp³-hybridized carbons (Fsp3) is 0.214. The Morgan fingerprint density at radius 3 is 2.74 bits per heavy atom. The van der Waals surface area contributed by atoms with Crippen LogP contribution in [0.15, 0.2) is 30.3 Å². The van der Waals surface area contributed by atoms with E-state index < -0.39 is 0 Å². The fourth-order valence-corrected chi connectivity index (χ4v) is 2.80. The predicted molar refractivity (Wildman–Crippen MR) is 80.7 cm³/mol. The molecule has 2 aromatic rings. The summed E-state index contributed by atoms with van der Waals surface area (Å²) in [6, 6.07) is 9.17. The van der Waals surface area contributed by atoms with Crippen molar-refractivity contribution in [3.8, 4) is 0 Å². The number of nitrogens with one attached hydrogen (secondary N) is 1. The van der Waals surface area contributed by atoms with Crippen molar-refractivity contribution in [2.24, 2.45) is 0 Å². The number of thiophene rings is 1. The van der Waals surface area contributed by atoms with Crippen LogP contribution in [-0.4, -0.2) is 5.91 Å². The molecule has 1 aromatic heterocycles. The molecular weight excluding hydrogens is 280 g/mol. The van der Waals surface area contributed by atoms with Gasteiger partial charge < -0.3 is 11.1 Å². The standard InChI is InChI=1S/C14H15ClN2OS/c1-2-9-6-7-10(19-9)8-17-14(18)11-4-3-5-12(16)13(11)15/h3-7H,2,8,16H2,1H3,(H,17,18). The van der Waals surface area contributed by atoms with E-state index in [1.807, 2.05) is 6.07 Å². The Bertz CT molecular complexity index is 595. The van der Waals surface area contributed by atoms with Crippen LogP contribution in [0, 0.1) is 0 Å². The van der Waals surface area contributed by atoms with E-state index in [9.17, 15) is 4.79 Å². The minimum absolute atomic E-state index is 0.205. The van der Waals surface area contributed by atoms with Gasteiger partial charge in [-0.25, -0.2) is 0 Å². The summed E-state index contributed by atoms with van der Waals surface area (Å²) in [5, 5.41) is 3.16. The summed E-state index contributed by atoms with van der Waals surface area (Å²) in [5.74, 6) is -0.205. The lowest BCUT2D eigenvalue weighted by molar-refractivity contribution is 0.0951. The summed E-state index contributed by atoms with van der Waals surface area (Å²) in [7, 11) is 0. The summed E-state index contributed by atoms with van der Waals surface area (Å²) >= 11 is 7.72. The lowest BCUT2D eigenvalue weighted by atomic mass is 10.2. The van der Waals surface area contributed by atoms with E-state index in [4.69, 9.17) is 17.3 Å². The molecule has 0 fully saturated rings. The largest absolute Gasteiger partial charge is 0.398 e. The smallest absolute Gasteiger partial charge is 0.253 e. The van der Waals surface area contributed by atoms with Gasteiger partial charge in [0.15, 0.2) is 0 Å². The van der Waals surface area contributed by atoms with Gasteiger partial charge in [0.05, 0.1) is 22.8 Å². The van der Waals surface area contributed by atoms with Crippen molar-refractivity contribution >= 4 is 34.5 Å². The summed E-state index contributed by atoms with van der Waals surface area (Å²) in [4.78, 5) is 14.5. The molecule has 1 heterocycles. The third-order valence-corrected chi connectivity index (χ3v) is 4.41. The Hall–Kier alpha value is -1.52. The van der Waals surface area contributed by atoms with Gasteiger partial charge >= 0.3 is 0 Å². The van der Waals surface area contributed by atoms with Crippen LogP contribution in [0.3, 0.4) is 0 Å². The molecule has 0 aliphatic heterocycles. The van der Waals surface area contributed by atoms with Crippen molar-refractivity contribution in [2.45, 2.75) is 19.9 Å². The molecule has 0 aliphatic rings. The van der Waals surface area contributed by atoms with Crippen LogP contribution in [0.1, 0.15) is 27.0 Å². The molecule has 0 atom stereocenters. The third kappa shape index (κ3) is 3.28. The monoisotopic (exact) mass is 294 g/mol. The minimum Gasteiger partial charge on any atom is -0.398 e. The molecule has 3 nitrogen and oxygen atoms in total. The Morgan fingerprint density at radius 2 is 2.05 bits per heavy atom. The average molecular weight is 295 g/mol. The number of nitrogens with two attached hydrogens (primary N) is 1. The van der Waals surface area contributed by atoms with Gasteiger partial charge in [-0.2, -0.15) is 0 Å². The van der Waals surface area contributed by atoms with E-state index in [1.165, 1.54) is 4.88 Å². The van der Waals surface area contributed by atoms with Gasteiger partial charge in [0, 0.05) is 9.75 Å². The van der Waals surface area contributed by atoms with E-state index in [0.717, 1.165) is 11.3 Å². The molecule has 3 N–H and O–H groups in total. The number of amides is 1. The van der Waals surface area contributed by atoms with Gasteiger partial charge in [0.1, 0.15) is 0 Å². The van der Waals surface area contributed by atoms with E-state index in [-0.39, 0.29) is 5.91 Å². The summed E-state index contributed by atoms with van der Waals surface area (Å²) in [6.45, 7) is 2.62. The number of carbonyl (C=O) groups excluding carboxylic acids is 1. The first-order chi connectivity index (χ1) is 9.11. The average Bonchev–Trinajstić information content (AvgIpc) is 2.87. The first-order valence-corrected chi connectivity index (χ1v) is 7.21. The molecule has 1 aromatic carbocycles. The van der Waals surface area contributed by atoms with Crippen molar-refractivity contribution in [3.05, 3.63) is 50.7 Å². The van der Waals surface area contributed by atoms with E-state index in [0.29, 0.717) is 22.8 Å². The molecule has 2 rings (SSSR count). The van der Waals surface area contributed by atoms with Crippen LogP contribution >= 0.6 is 22.9 Å². The van der Waals surface area contributed by atoms with E-state index >= 15 is 0 Å². The maximum Gasteiger partial charge on any atom is 0.253 e. The fourth-order valence-electron chi connectivity index (χ4n) is 1.70. The van der Waals surface area contributed by atoms with Crippen molar-refractivity contribution in [1.29, 1.82) is 0 Å². The van der Waals surface area contributed by atoms with Crippen molar-refractivity contribution in [1.82, 2.24) is 5.32 Å². The number of aryl methyl sites for hydroxylation is 1. The summed E-state index contributed by atoms with van der Waals surface area (Å²) in [6.07, 6.45) is 1.01. The van der Waals surface area contributed by atoms with Crippen LogP contribution < -0.4 is 11.1 Å². The SMILES string of the molecule is CCc1ccc(CNC(=O)c2cccc(N)c2Cl)s1. The Kier molecular flexibility index (Phi) is 4.45. The lowest BCUT2D eigenvalue weighted by Gasteiger charge is -2.07. The first-order valence-electron chi connectivity index (χ1n) is 6.01. The van der Waals surface area contributed by atoms with Gasteiger partial charge in [-0.1, -0.05) is 24.6 Å². The zero-order valence-corrected chi connectivity index (χ0v) is 12.1. The van der Waals surface area contributed by atoms with Crippen LogP contribution in [0.25, 0.3) is 0 Å². The number of hydrogen-bond donors (Lipinski definition) is 2. The molecule has 1 amide bonds. The molecule has 5 heteroatoms. The molecular formula is C14H15ClN2OS. The van der Waals surface area contributed by atoms with Gasteiger partial charge in [0.2, 0.25) is 0 Å². The normalized spacial score (nSPS) is 10.4. The maximum absolute atomic E-state index is 12.0. The van der Waals surface area contributed by atoms with Crippen LogP contribution in [0.4, 0.5) is 5.69 Å². The Balaban J connectivity index is 2.03. The highest BCUT2D eigenvalue weighted by molar-refractivity contribution is 7.11. The van der Waals surface area contributed by atoms with Crippen molar-refractivity contribution in [3.63, 3.8) is 0 Å². The van der Waals surface area contributed by atoms with Crippen LogP contribution in [0.2, 0.25) is 5.02 Å². The molecule has 0 radical (unpaired) electrons. The molecule has 0 bridgehead atoms. The number of rotatable bonds is 4. The molecule has 0 saturated carbocycles. The number of nitrogen functional groups attached to an aromatic ring is 1. The predicted octanol–water partition coefficient (Wildman–Crippen LogP) is 3.48. The number of carbonyl (C=O) groups is 1. The van der Waals surface area contributed by atoms with Crippen LogP contribution in [0.5, 0.6) is 0 Å². The maximum atomic E-state index is 12.0. The molecule has 100 valence electrons. The van der Waals surface area contributed by atoms with Gasteiger partial charge in [-0.3, -0.25) is 4.79 Å². The number of halogens is 1. The Labute approximate surface area is 121 Å². The summed E-state index contributed by atoms with van der Waals surface area (Å²) in [5.41, 5.74) is 6.50. The lowest BCUT2D eigenvalue weighted by Crippen LogP contribution is -2.22. The van der Waals surface area contributed by atoms with E-state index in [1.54, 1.807) is 29.5 Å². The second kappa shape index (κ2) is 6.08. The molecule has 0 saturated heterocycles. The van der Waals surface area contributed by atoms with Gasteiger partial charge in [-0.15, -0.1) is 11.3 Å². The second-order valence-electron chi connectivity index (χ2n) is 4.11. The zero-order chi connectivity index (χ0) is 13.8. The third-order valence-electron chi connectivity index (χ3n) is 2.76. The molecule has 0 spiro atoms. The van der Waals surface area contributed by atoms with Gasteiger partial charge in [-0.05, 0) is 30.7 Å².